The van der Waals surface area contributed by atoms with Crippen LogP contribution in [0, 0.1) is 5.82 Å². The van der Waals surface area contributed by atoms with Crippen molar-refractivity contribution in [2.75, 3.05) is 5.75 Å². The molecule has 2 nitrogen and oxygen atoms in total. The van der Waals surface area contributed by atoms with Gasteiger partial charge >= 0.3 is 0 Å². The lowest BCUT2D eigenvalue weighted by Crippen LogP contribution is -2.25. The highest BCUT2D eigenvalue weighted by Crippen LogP contribution is 2.37. The van der Waals surface area contributed by atoms with E-state index < -0.39 is 0 Å². The summed E-state index contributed by atoms with van der Waals surface area (Å²) in [6.45, 7) is 0.714. The maximum absolute atomic E-state index is 13.7. The summed E-state index contributed by atoms with van der Waals surface area (Å²) in [5.41, 5.74) is 2.09. The number of nitrogens with one attached hydrogen (secondary N) is 1. The van der Waals surface area contributed by atoms with Crippen LogP contribution in [-0.4, -0.2) is 10.7 Å². The minimum absolute atomic E-state index is 0.105. The first-order valence-electron chi connectivity index (χ1n) is 6.39. The molecule has 2 aromatic rings. The molecule has 1 aliphatic heterocycles. The second kappa shape index (κ2) is 5.72. The van der Waals surface area contributed by atoms with E-state index in [4.69, 9.17) is 0 Å². The normalized spacial score (nSPS) is 18.1. The number of pyridine rings is 1. The van der Waals surface area contributed by atoms with Crippen molar-refractivity contribution in [1.82, 2.24) is 10.3 Å². The molecule has 0 fully saturated rings. The molecule has 0 spiro atoms. The zero-order chi connectivity index (χ0) is 13.1. The Morgan fingerprint density at radius 2 is 2.21 bits per heavy atom. The number of aromatic nitrogens is 1. The van der Waals surface area contributed by atoms with Crippen LogP contribution < -0.4 is 5.32 Å². The van der Waals surface area contributed by atoms with Crippen LogP contribution in [-0.2, 0) is 6.54 Å². The maximum atomic E-state index is 13.7. The highest BCUT2D eigenvalue weighted by Gasteiger charge is 2.22. The van der Waals surface area contributed by atoms with Gasteiger partial charge in [0.2, 0.25) is 0 Å². The molecule has 4 heteroatoms. The minimum Gasteiger partial charge on any atom is -0.304 e. The van der Waals surface area contributed by atoms with Crippen molar-refractivity contribution in [1.29, 1.82) is 0 Å². The fraction of sp³-hybridized carbons (Fsp3) is 0.267. The van der Waals surface area contributed by atoms with Gasteiger partial charge in [-0.05, 0) is 35.9 Å². The second-order valence-electron chi connectivity index (χ2n) is 4.55. The van der Waals surface area contributed by atoms with E-state index in [1.54, 1.807) is 24.0 Å². The summed E-state index contributed by atoms with van der Waals surface area (Å²) >= 11 is 1.61. The molecule has 0 saturated carbocycles. The zero-order valence-corrected chi connectivity index (χ0v) is 11.3. The van der Waals surface area contributed by atoms with Crippen LogP contribution in [0.1, 0.15) is 23.7 Å². The van der Waals surface area contributed by atoms with Gasteiger partial charge in [0.1, 0.15) is 5.82 Å². The zero-order valence-electron chi connectivity index (χ0n) is 10.5. The Morgan fingerprint density at radius 3 is 3.05 bits per heavy atom. The van der Waals surface area contributed by atoms with Crippen molar-refractivity contribution in [3.05, 3.63) is 59.7 Å². The number of halogens is 1. The first-order valence-corrected chi connectivity index (χ1v) is 7.37. The minimum atomic E-state index is -0.105. The molecule has 1 aromatic heterocycles. The topological polar surface area (TPSA) is 24.9 Å². The summed E-state index contributed by atoms with van der Waals surface area (Å²) < 4.78 is 13.7. The third-order valence-corrected chi connectivity index (χ3v) is 4.44. The van der Waals surface area contributed by atoms with Crippen LogP contribution in [0.3, 0.4) is 0 Å². The molecule has 2 heterocycles. The monoisotopic (exact) mass is 274 g/mol. The summed E-state index contributed by atoms with van der Waals surface area (Å²) in [7, 11) is 0. The predicted molar refractivity (Wildman–Crippen MR) is 75.6 cm³/mol. The molecular formula is C15H15FN2S. The van der Waals surface area contributed by atoms with E-state index >= 15 is 0 Å². The molecule has 19 heavy (non-hydrogen) atoms. The highest BCUT2D eigenvalue weighted by atomic mass is 32.2. The molecule has 0 aliphatic carbocycles. The quantitative estimate of drug-likeness (QED) is 0.926. The lowest BCUT2D eigenvalue weighted by atomic mass is 10.0. The number of benzene rings is 1. The van der Waals surface area contributed by atoms with Crippen molar-refractivity contribution in [2.45, 2.75) is 23.9 Å². The Morgan fingerprint density at radius 1 is 1.26 bits per heavy atom. The van der Waals surface area contributed by atoms with E-state index in [9.17, 15) is 4.39 Å². The largest absolute Gasteiger partial charge is 0.304 e. The number of hydrogen-bond acceptors (Lipinski definition) is 3. The van der Waals surface area contributed by atoms with Gasteiger partial charge in [-0.25, -0.2) is 4.39 Å². The maximum Gasteiger partial charge on any atom is 0.137 e. The molecule has 98 valence electrons. The third kappa shape index (κ3) is 2.80. The molecule has 1 aliphatic rings. The lowest BCUT2D eigenvalue weighted by Gasteiger charge is -2.26. The summed E-state index contributed by atoms with van der Waals surface area (Å²) in [6.07, 6.45) is 2.81. The Bertz CT molecular complexity index is 559. The first-order chi connectivity index (χ1) is 9.34. The molecule has 1 unspecified atom stereocenters. The summed E-state index contributed by atoms with van der Waals surface area (Å²) in [5.74, 6) is 0.847. The van der Waals surface area contributed by atoms with Crippen molar-refractivity contribution in [2.24, 2.45) is 0 Å². The van der Waals surface area contributed by atoms with Crippen molar-refractivity contribution >= 4 is 11.8 Å². The summed E-state index contributed by atoms with van der Waals surface area (Å²) in [4.78, 5) is 5.09. The van der Waals surface area contributed by atoms with Crippen molar-refractivity contribution in [3.8, 4) is 0 Å². The number of fused-ring (bicyclic) bond motifs is 1. The summed E-state index contributed by atoms with van der Waals surface area (Å²) in [6, 6.07) is 11.4. The van der Waals surface area contributed by atoms with Gasteiger partial charge < -0.3 is 5.32 Å². The average molecular weight is 274 g/mol. The van der Waals surface area contributed by atoms with Crippen LogP contribution in [0.25, 0.3) is 0 Å². The van der Waals surface area contributed by atoms with Gasteiger partial charge in [0.25, 0.3) is 0 Å². The van der Waals surface area contributed by atoms with Crippen molar-refractivity contribution in [3.63, 3.8) is 0 Å². The van der Waals surface area contributed by atoms with Crippen LogP contribution in [0.15, 0.2) is 47.5 Å². The Kier molecular flexibility index (Phi) is 3.80. The van der Waals surface area contributed by atoms with E-state index in [0.29, 0.717) is 6.54 Å². The predicted octanol–water partition coefficient (Wildman–Crippen LogP) is 3.55. The highest BCUT2D eigenvalue weighted by molar-refractivity contribution is 7.99. The number of thioether (sulfide) groups is 1. The van der Waals surface area contributed by atoms with Gasteiger partial charge in [0.15, 0.2) is 0 Å². The molecule has 0 bridgehead atoms. The van der Waals surface area contributed by atoms with Gasteiger partial charge in [-0.15, -0.1) is 11.8 Å². The van der Waals surface area contributed by atoms with E-state index in [1.807, 2.05) is 24.3 Å². The van der Waals surface area contributed by atoms with Crippen LogP contribution >= 0.6 is 11.8 Å². The SMILES string of the molecule is Fc1cccc2c1SCCC2NCc1ccccn1. The summed E-state index contributed by atoms with van der Waals surface area (Å²) in [5, 5.41) is 3.48. The Labute approximate surface area is 116 Å². The molecule has 0 radical (unpaired) electrons. The van der Waals surface area contributed by atoms with Crippen LogP contribution in [0.2, 0.25) is 0 Å². The standard InChI is InChI=1S/C15H15FN2S/c16-13-6-3-5-12-14(7-9-19-15(12)13)18-10-11-4-1-2-8-17-11/h1-6,8,14,18H,7,9-10H2. The molecule has 1 atom stereocenters. The van der Waals surface area contributed by atoms with E-state index in [0.717, 1.165) is 28.3 Å². The average Bonchev–Trinajstić information content (AvgIpc) is 2.47. The second-order valence-corrected chi connectivity index (χ2v) is 5.66. The smallest absolute Gasteiger partial charge is 0.137 e. The fourth-order valence-electron chi connectivity index (χ4n) is 2.33. The Balaban J connectivity index is 1.75. The van der Waals surface area contributed by atoms with Crippen LogP contribution in [0.4, 0.5) is 4.39 Å². The van der Waals surface area contributed by atoms with Gasteiger partial charge in [0.05, 0.1) is 5.69 Å². The molecule has 0 saturated heterocycles. The Hall–Kier alpha value is -1.39. The molecule has 3 rings (SSSR count). The van der Waals surface area contributed by atoms with Gasteiger partial charge in [-0.3, -0.25) is 4.98 Å². The van der Waals surface area contributed by atoms with Crippen molar-refractivity contribution < 1.29 is 4.39 Å². The number of rotatable bonds is 3. The molecule has 0 amide bonds. The van der Waals surface area contributed by atoms with E-state index in [-0.39, 0.29) is 11.9 Å². The van der Waals surface area contributed by atoms with E-state index in [2.05, 4.69) is 10.3 Å². The number of nitrogens with zero attached hydrogens (tertiary/aromatic N) is 1. The van der Waals surface area contributed by atoms with Gasteiger partial charge in [-0.2, -0.15) is 0 Å². The van der Waals surface area contributed by atoms with Gasteiger partial charge in [0, 0.05) is 23.7 Å². The number of hydrogen-bond donors (Lipinski definition) is 1. The fourth-order valence-corrected chi connectivity index (χ4v) is 3.47. The molecule has 1 aromatic carbocycles. The molecule has 1 N–H and O–H groups in total. The molecular weight excluding hydrogens is 259 g/mol. The van der Waals surface area contributed by atoms with Crippen LogP contribution in [0.5, 0.6) is 0 Å². The van der Waals surface area contributed by atoms with E-state index in [1.165, 1.54) is 6.07 Å². The third-order valence-electron chi connectivity index (χ3n) is 3.28. The lowest BCUT2D eigenvalue weighted by molar-refractivity contribution is 0.493. The first kappa shape index (κ1) is 12.6. The van der Waals surface area contributed by atoms with Gasteiger partial charge in [-0.1, -0.05) is 18.2 Å².